The lowest BCUT2D eigenvalue weighted by molar-refractivity contribution is -0.720. The first kappa shape index (κ1) is 12.0. The molecule has 0 aromatic heterocycles. The third-order valence-corrected chi connectivity index (χ3v) is 2.51. The molecule has 15 heavy (non-hydrogen) atoms. The lowest BCUT2D eigenvalue weighted by Gasteiger charge is -2.26. The first-order chi connectivity index (χ1) is 6.91. The first-order valence-electron chi connectivity index (χ1n) is 5.20. The zero-order chi connectivity index (χ0) is 11.5. The number of hydrogen-bond acceptors (Lipinski definition) is 4. The van der Waals surface area contributed by atoms with Crippen LogP contribution in [0.3, 0.4) is 0 Å². The second kappa shape index (κ2) is 4.65. The molecule has 0 aromatic rings. The van der Waals surface area contributed by atoms with Gasteiger partial charge >= 0.3 is 0 Å². The predicted octanol–water partition coefficient (Wildman–Crippen LogP) is 0.888. The fourth-order valence-corrected chi connectivity index (χ4v) is 1.14. The highest BCUT2D eigenvalue weighted by Gasteiger charge is 2.25. The van der Waals surface area contributed by atoms with Crippen LogP contribution in [0.1, 0.15) is 27.2 Å². The van der Waals surface area contributed by atoms with E-state index in [2.05, 4.69) is 10.6 Å². The van der Waals surface area contributed by atoms with Crippen molar-refractivity contribution >= 4 is 0 Å². The van der Waals surface area contributed by atoms with Gasteiger partial charge in [0.25, 0.3) is 0 Å². The zero-order valence-electron chi connectivity index (χ0n) is 9.86. The van der Waals surface area contributed by atoms with Gasteiger partial charge in [-0.1, -0.05) is 0 Å². The van der Waals surface area contributed by atoms with E-state index < -0.39 is 0 Å². The molecule has 88 valence electrons. The summed E-state index contributed by atoms with van der Waals surface area (Å²) in [6.45, 7) is 7.49. The molecule has 1 heterocycles. The molecule has 1 atom stereocenters. The second-order valence-corrected chi connectivity index (χ2v) is 4.75. The number of hydrazine groups is 1. The summed E-state index contributed by atoms with van der Waals surface area (Å²) in [6, 6.07) is 0. The van der Waals surface area contributed by atoms with Crippen molar-refractivity contribution in [1.82, 2.24) is 10.3 Å². The maximum absolute atomic E-state index is 11.5. The van der Waals surface area contributed by atoms with Gasteiger partial charge in [-0.3, -0.25) is 0 Å². The highest BCUT2D eigenvalue weighted by molar-refractivity contribution is 4.69. The first-order valence-corrected chi connectivity index (χ1v) is 5.20. The van der Waals surface area contributed by atoms with Crippen molar-refractivity contribution in [3.8, 4) is 0 Å². The topological polar surface area (TPSA) is 62.9 Å². The molecule has 1 aliphatic heterocycles. The monoisotopic (exact) mass is 216 g/mol. The summed E-state index contributed by atoms with van der Waals surface area (Å²) in [5.41, 5.74) is -0.261. The lowest BCUT2D eigenvalue weighted by atomic mass is 10.1. The Labute approximate surface area is 90.4 Å². The second-order valence-electron chi connectivity index (χ2n) is 4.75. The molecule has 0 bridgehead atoms. The van der Waals surface area contributed by atoms with Gasteiger partial charge in [-0.05, 0) is 27.3 Å². The zero-order valence-corrected chi connectivity index (χ0v) is 9.86. The average molecular weight is 216 g/mol. The molecule has 0 saturated carbocycles. The maximum atomic E-state index is 11.5. The standard InChI is InChI=1S/C9H20N4O2/c1-9(2,3)12(4)13(14)11-15-8-5-6-10-7-8/h8,10H,5-7H2,1-4H3. The molecule has 0 aliphatic carbocycles. The fourth-order valence-electron chi connectivity index (χ4n) is 1.14. The predicted molar refractivity (Wildman–Crippen MR) is 55.9 cm³/mol. The Hall–Kier alpha value is -1.04. The van der Waals surface area contributed by atoms with Crippen molar-refractivity contribution < 1.29 is 9.81 Å². The minimum absolute atomic E-state index is 0.0230. The van der Waals surface area contributed by atoms with Crippen LogP contribution < -0.4 is 5.32 Å². The number of rotatable bonds is 3. The highest BCUT2D eigenvalue weighted by atomic mass is 16.7. The van der Waals surface area contributed by atoms with Crippen molar-refractivity contribution in [2.75, 3.05) is 20.1 Å². The molecule has 1 fully saturated rings. The molecule has 1 rings (SSSR count). The van der Waals surface area contributed by atoms with Crippen molar-refractivity contribution in [1.29, 1.82) is 0 Å². The number of nitrogens with one attached hydrogen (secondary N) is 1. The Morgan fingerprint density at radius 2 is 2.20 bits per heavy atom. The van der Waals surface area contributed by atoms with E-state index >= 15 is 0 Å². The Balaban J connectivity index is 2.44. The lowest BCUT2D eigenvalue weighted by Crippen LogP contribution is -2.42. The highest BCUT2D eigenvalue weighted by Crippen LogP contribution is 2.11. The minimum atomic E-state index is -0.261. The summed E-state index contributed by atoms with van der Waals surface area (Å²) in [7, 11) is 1.69. The Bertz CT molecular complexity index is 231. The Morgan fingerprint density at radius 1 is 1.53 bits per heavy atom. The van der Waals surface area contributed by atoms with E-state index in [9.17, 15) is 5.21 Å². The van der Waals surface area contributed by atoms with Crippen LogP contribution in [0.2, 0.25) is 0 Å². The summed E-state index contributed by atoms with van der Waals surface area (Å²) >= 11 is 0. The normalized spacial score (nSPS) is 22.9. The van der Waals surface area contributed by atoms with Crippen LogP contribution in [0, 0.1) is 5.21 Å². The van der Waals surface area contributed by atoms with E-state index in [-0.39, 0.29) is 11.6 Å². The number of hydrogen-bond donors (Lipinski definition) is 1. The third-order valence-electron chi connectivity index (χ3n) is 2.51. The molecule has 0 spiro atoms. The van der Waals surface area contributed by atoms with Crippen molar-refractivity contribution in [3.05, 3.63) is 5.21 Å². The fraction of sp³-hybridized carbons (Fsp3) is 1.00. The maximum Gasteiger partial charge on any atom is 0.233 e. The summed E-state index contributed by atoms with van der Waals surface area (Å²) in [5.74, 6) is 0. The molecule has 0 radical (unpaired) electrons. The molecule has 6 nitrogen and oxygen atoms in total. The molecule has 1 N–H and O–H groups in total. The molecule has 1 unspecified atom stereocenters. The van der Waals surface area contributed by atoms with Gasteiger partial charge in [-0.15, -0.1) is 5.01 Å². The summed E-state index contributed by atoms with van der Waals surface area (Å²) < 4.78 is 0. The van der Waals surface area contributed by atoms with E-state index in [0.29, 0.717) is 4.97 Å². The van der Waals surface area contributed by atoms with E-state index in [1.165, 1.54) is 5.01 Å². The molecule has 6 heteroatoms. The van der Waals surface area contributed by atoms with E-state index in [0.717, 1.165) is 19.5 Å². The Morgan fingerprint density at radius 3 is 2.67 bits per heavy atom. The molecule has 1 saturated heterocycles. The van der Waals surface area contributed by atoms with Gasteiger partial charge in [0.15, 0.2) is 0 Å². The van der Waals surface area contributed by atoms with Gasteiger partial charge in [0.2, 0.25) is 5.28 Å². The van der Waals surface area contributed by atoms with Gasteiger partial charge in [0, 0.05) is 13.0 Å². The molecular weight excluding hydrogens is 196 g/mol. The van der Waals surface area contributed by atoms with E-state index in [1.54, 1.807) is 7.05 Å². The van der Waals surface area contributed by atoms with Gasteiger partial charge in [-0.25, -0.2) is 0 Å². The SMILES string of the molecule is CN([N+]([O-])=NOC1CCNC1)C(C)(C)C. The summed E-state index contributed by atoms with van der Waals surface area (Å²) in [4.78, 5) is 5.61. The van der Waals surface area contributed by atoms with Crippen LogP contribution in [0.4, 0.5) is 0 Å². The van der Waals surface area contributed by atoms with Crippen LogP contribution in [-0.2, 0) is 4.84 Å². The number of nitrogens with zero attached hydrogens (tertiary/aromatic N) is 3. The minimum Gasteiger partial charge on any atom is -0.569 e. The van der Waals surface area contributed by atoms with E-state index in [1.807, 2.05) is 20.8 Å². The van der Waals surface area contributed by atoms with E-state index in [4.69, 9.17) is 4.84 Å². The van der Waals surface area contributed by atoms with Gasteiger partial charge in [-0.2, -0.15) is 0 Å². The van der Waals surface area contributed by atoms with Gasteiger partial charge < -0.3 is 15.4 Å². The molecule has 0 amide bonds. The molecule has 1 aliphatic rings. The smallest absolute Gasteiger partial charge is 0.233 e. The summed E-state index contributed by atoms with van der Waals surface area (Å²) in [6.07, 6.45) is 0.922. The van der Waals surface area contributed by atoms with Crippen LogP contribution >= 0.6 is 0 Å². The van der Waals surface area contributed by atoms with Crippen LogP contribution in [-0.4, -0.2) is 41.8 Å². The molecular formula is C9H20N4O2. The summed E-state index contributed by atoms with van der Waals surface area (Å²) in [5, 5.41) is 19.6. The van der Waals surface area contributed by atoms with Crippen LogP contribution in [0.25, 0.3) is 0 Å². The van der Waals surface area contributed by atoms with Gasteiger partial charge in [0.05, 0.1) is 17.6 Å². The molecule has 0 aromatic carbocycles. The average Bonchev–Trinajstić information content (AvgIpc) is 2.63. The van der Waals surface area contributed by atoms with Gasteiger partial charge in [0.1, 0.15) is 6.10 Å². The van der Waals surface area contributed by atoms with Crippen molar-refractivity contribution in [2.45, 2.75) is 38.8 Å². The van der Waals surface area contributed by atoms with Crippen LogP contribution in [0.15, 0.2) is 5.28 Å². The third kappa shape index (κ3) is 3.54. The van der Waals surface area contributed by atoms with Crippen molar-refractivity contribution in [3.63, 3.8) is 0 Å². The Kier molecular flexibility index (Phi) is 3.73. The largest absolute Gasteiger partial charge is 0.569 e. The van der Waals surface area contributed by atoms with Crippen LogP contribution in [0.5, 0.6) is 0 Å². The van der Waals surface area contributed by atoms with Crippen molar-refractivity contribution in [2.24, 2.45) is 5.28 Å². The quantitative estimate of drug-likeness (QED) is 0.432.